The van der Waals surface area contributed by atoms with Crippen molar-refractivity contribution in [3.05, 3.63) is 314 Å². The summed E-state index contributed by atoms with van der Waals surface area (Å²) < 4.78 is 133. The molecule has 0 spiro atoms. The molecule has 3 nitrogen and oxygen atoms in total. The van der Waals surface area contributed by atoms with Gasteiger partial charge < -0.3 is 14.4 Å². The largest absolute Gasteiger partial charge is 0.416 e. The maximum atomic E-state index is 14.7. The van der Waals surface area contributed by atoms with E-state index in [0.29, 0.717) is 40.0 Å². The molecule has 0 radical (unpaired) electrons. The topological polar surface area (TPSA) is 11.4 Å². The summed E-state index contributed by atoms with van der Waals surface area (Å²) in [6.07, 6.45) is -15.5. The Morgan fingerprint density at radius 1 is 0.245 bits per heavy atom. The molecular weight excluding hydrogens is 1200 g/mol. The van der Waals surface area contributed by atoms with E-state index < -0.39 is 46.3 Å². The van der Waals surface area contributed by atoms with Gasteiger partial charge >= 0.3 is 18.5 Å². The van der Waals surface area contributed by atoms with Crippen molar-refractivity contribution in [2.75, 3.05) is 9.80 Å². The van der Waals surface area contributed by atoms with Crippen LogP contribution in [0.5, 0.6) is 0 Å². The molecule has 0 bridgehead atoms. The molecule has 3 heterocycles. The third kappa shape index (κ3) is 10.1. The van der Waals surface area contributed by atoms with Crippen LogP contribution in [0.4, 0.5) is 73.6 Å². The van der Waals surface area contributed by atoms with Crippen molar-refractivity contribution in [2.24, 2.45) is 0 Å². The van der Waals surface area contributed by atoms with Gasteiger partial charge in [-0.25, -0.2) is 0 Å². The highest BCUT2D eigenvalue weighted by Gasteiger charge is 2.45. The summed E-state index contributed by atoms with van der Waals surface area (Å²) in [5, 5.41) is 1.26. The smallest absolute Gasteiger partial charge is 0.311 e. The molecule has 2 aliphatic heterocycles. The zero-order valence-electron chi connectivity index (χ0n) is 49.6. The summed E-state index contributed by atoms with van der Waals surface area (Å²) >= 11 is 0. The monoisotopic (exact) mass is 1250 g/mol. The fourth-order valence-electron chi connectivity index (χ4n) is 13.9. The van der Waals surface area contributed by atoms with E-state index in [2.05, 4.69) is 155 Å². The minimum Gasteiger partial charge on any atom is -0.311 e. The molecule has 16 rings (SSSR count). The molecule has 0 unspecified atom stereocenters. The van der Waals surface area contributed by atoms with Gasteiger partial charge in [-0.15, -0.1) is 0 Å². The van der Waals surface area contributed by atoms with Gasteiger partial charge in [0.25, 0.3) is 6.71 Å². The molecule has 454 valence electrons. The van der Waals surface area contributed by atoms with E-state index in [1.807, 2.05) is 97.1 Å². The second kappa shape index (κ2) is 22.2. The Morgan fingerprint density at radius 2 is 0.628 bits per heavy atom. The highest BCUT2D eigenvalue weighted by Crippen LogP contribution is 2.50. The van der Waals surface area contributed by atoms with Crippen LogP contribution in [-0.4, -0.2) is 11.3 Å². The van der Waals surface area contributed by atoms with Crippen LogP contribution in [0.25, 0.3) is 94.3 Å². The average Bonchev–Trinajstić information content (AvgIpc) is 0.758. The third-order valence-corrected chi connectivity index (χ3v) is 18.2. The van der Waals surface area contributed by atoms with Gasteiger partial charge in [0, 0.05) is 50.5 Å². The quantitative estimate of drug-likeness (QED) is 0.105. The molecule has 2 aliphatic rings. The van der Waals surface area contributed by atoms with Gasteiger partial charge in [0.1, 0.15) is 0 Å². The lowest BCUT2D eigenvalue weighted by Gasteiger charge is -2.44. The molecule has 0 amide bonds. The third-order valence-electron chi connectivity index (χ3n) is 18.2. The van der Waals surface area contributed by atoms with Gasteiger partial charge in [-0.05, 0) is 181 Å². The van der Waals surface area contributed by atoms with Crippen LogP contribution in [0.3, 0.4) is 0 Å². The lowest BCUT2D eigenvalue weighted by molar-refractivity contribution is -0.143. The van der Waals surface area contributed by atoms with Gasteiger partial charge in [-0.2, -0.15) is 39.5 Å². The van der Waals surface area contributed by atoms with Crippen molar-refractivity contribution >= 4 is 79.0 Å². The van der Waals surface area contributed by atoms with E-state index in [0.717, 1.165) is 118 Å². The second-order valence-electron chi connectivity index (χ2n) is 23.7. The number of anilines is 6. The molecule has 0 saturated carbocycles. The van der Waals surface area contributed by atoms with E-state index in [1.165, 1.54) is 0 Å². The van der Waals surface area contributed by atoms with Crippen molar-refractivity contribution in [1.82, 2.24) is 4.57 Å². The number of benzene rings is 13. The van der Waals surface area contributed by atoms with E-state index in [1.54, 1.807) is 22.8 Å². The Balaban J connectivity index is 0.960. The van der Waals surface area contributed by atoms with Gasteiger partial charge in [0.05, 0.1) is 33.4 Å². The molecular formula is C81H49BF9N3. The van der Waals surface area contributed by atoms with Crippen LogP contribution in [0.2, 0.25) is 0 Å². The Bertz CT molecular complexity index is 5030. The normalized spacial score (nSPS) is 12.9. The summed E-state index contributed by atoms with van der Waals surface area (Å²) in [5.74, 6) is 0. The Hall–Kier alpha value is -11.3. The lowest BCUT2D eigenvalue weighted by Crippen LogP contribution is -2.61. The number of para-hydroxylation sites is 1. The molecule has 13 heteroatoms. The highest BCUT2D eigenvalue weighted by atomic mass is 19.4. The van der Waals surface area contributed by atoms with Crippen molar-refractivity contribution in [2.45, 2.75) is 18.5 Å². The van der Waals surface area contributed by atoms with Crippen LogP contribution in [-0.2, 0) is 18.5 Å². The highest BCUT2D eigenvalue weighted by molar-refractivity contribution is 7.00. The summed E-state index contributed by atoms with van der Waals surface area (Å²) in [5.41, 5.74) is 13.9. The van der Waals surface area contributed by atoms with E-state index in [9.17, 15) is 39.5 Å². The number of hydrogen-bond acceptors (Lipinski definition) is 2. The predicted octanol–water partition coefficient (Wildman–Crippen LogP) is 21.9. The summed E-state index contributed by atoms with van der Waals surface area (Å²) in [6, 6.07) is 92.4. The number of aromatic nitrogens is 1. The predicted molar refractivity (Wildman–Crippen MR) is 362 cm³/mol. The number of alkyl halides is 9. The van der Waals surface area contributed by atoms with Crippen LogP contribution in [0.1, 0.15) is 16.7 Å². The van der Waals surface area contributed by atoms with Crippen LogP contribution < -0.4 is 26.2 Å². The fourth-order valence-corrected chi connectivity index (χ4v) is 13.9. The number of hydrogen-bond donors (Lipinski definition) is 0. The van der Waals surface area contributed by atoms with Crippen molar-refractivity contribution in [3.63, 3.8) is 0 Å². The maximum absolute atomic E-state index is 14.7. The molecule has 94 heavy (non-hydrogen) atoms. The van der Waals surface area contributed by atoms with Crippen molar-refractivity contribution in [1.29, 1.82) is 0 Å². The summed E-state index contributed by atoms with van der Waals surface area (Å²) in [4.78, 5) is 4.68. The zero-order valence-corrected chi connectivity index (χ0v) is 49.6. The van der Waals surface area contributed by atoms with E-state index in [4.69, 9.17) is 0 Å². The zero-order chi connectivity index (χ0) is 64.2. The Labute approximate surface area is 535 Å². The second-order valence-corrected chi connectivity index (χ2v) is 23.7. The van der Waals surface area contributed by atoms with E-state index in [-0.39, 0.29) is 18.5 Å². The molecule has 0 saturated heterocycles. The van der Waals surface area contributed by atoms with Crippen LogP contribution in [0, 0.1) is 0 Å². The maximum Gasteiger partial charge on any atom is 0.416 e. The number of halogens is 9. The lowest BCUT2D eigenvalue weighted by atomic mass is 9.33. The first kappa shape index (κ1) is 57.8. The molecule has 0 aliphatic carbocycles. The summed E-state index contributed by atoms with van der Waals surface area (Å²) in [6.45, 7) is -0.321. The Kier molecular flexibility index (Phi) is 13.7. The molecule has 14 aromatic rings. The fraction of sp³-hybridized carbons (Fsp3) is 0.0370. The van der Waals surface area contributed by atoms with Gasteiger partial charge in [0.2, 0.25) is 0 Å². The molecule has 1 aromatic heterocycles. The van der Waals surface area contributed by atoms with Crippen LogP contribution >= 0.6 is 0 Å². The minimum atomic E-state index is -5.27. The summed E-state index contributed by atoms with van der Waals surface area (Å²) in [7, 11) is 0. The molecule has 0 N–H and O–H groups in total. The van der Waals surface area contributed by atoms with Gasteiger partial charge in [-0.3, -0.25) is 0 Å². The van der Waals surface area contributed by atoms with Crippen molar-refractivity contribution < 1.29 is 39.5 Å². The first-order valence-electron chi connectivity index (χ1n) is 30.5. The first-order valence-corrected chi connectivity index (χ1v) is 30.5. The minimum absolute atomic E-state index is 0.0312. The number of nitrogens with zero attached hydrogens (tertiary/aromatic N) is 3. The molecule has 0 fully saturated rings. The standard InChI is InChI=1S/C81H49BF9N3/c83-79(84,85)61-32-40-72(67(49-61)60-41-62(80(86,87)88)48-63(42-60)81(89,90)91)94-71-24-14-13-23-66(71)68-43-56(29-37-73(68)94)59-46-76-78-77(47-59)93(65-35-27-55(28-36-65)51-17-7-2-8-18-51)75-39-31-58(53-21-11-4-12-22-53)45-70(75)82(78)69-44-57(52-19-9-3-10-20-52)30-38-74(69)92(76)64-33-25-54(26-34-64)50-15-5-1-6-16-50/h1-49H. The molecule has 13 aromatic carbocycles. The van der Waals surface area contributed by atoms with Crippen LogP contribution in [0.15, 0.2) is 297 Å². The van der Waals surface area contributed by atoms with E-state index >= 15 is 0 Å². The van der Waals surface area contributed by atoms with Gasteiger partial charge in [0.15, 0.2) is 0 Å². The number of fused-ring (bicyclic) bond motifs is 7. The molecule has 0 atom stereocenters. The number of rotatable bonds is 9. The Morgan fingerprint density at radius 3 is 1.10 bits per heavy atom. The first-order chi connectivity index (χ1) is 45.5. The SMILES string of the molecule is FC(F)(F)c1cc(-c2cc(C(F)(F)F)ccc2-n2c3ccccc3c3cc(-c4cc5c6c(c4)N(c4ccc(-c7ccccc7)cc4)c4ccc(-c7ccccc7)cc4B6c4cc(-c6ccccc6)ccc4N5c4ccc(-c5ccccc5)cc4)ccc32)cc(C(F)(F)F)c1. The van der Waals surface area contributed by atoms with Crippen molar-refractivity contribution in [3.8, 4) is 72.4 Å². The average molecular weight is 1250 g/mol. The van der Waals surface area contributed by atoms with Gasteiger partial charge in [-0.1, -0.05) is 194 Å².